The highest BCUT2D eigenvalue weighted by Gasteiger charge is 2.18. The molecule has 1 aromatic carbocycles. The molecule has 8 heteroatoms. The van der Waals surface area contributed by atoms with Gasteiger partial charge in [-0.2, -0.15) is 5.10 Å². The molecule has 0 fully saturated rings. The van der Waals surface area contributed by atoms with E-state index in [1.54, 1.807) is 30.2 Å². The van der Waals surface area contributed by atoms with Crippen LogP contribution in [0.4, 0.5) is 11.4 Å². The minimum absolute atomic E-state index is 0.0963. The standard InChI is InChI=1S/C10H10ClN5O2/c1-15-6-13-9(14-15)5-12-8-4-2-3-7(11)10(8)16(17)18/h2-4,6,12H,5H2,1H3. The molecule has 0 saturated heterocycles. The fourth-order valence-corrected chi connectivity index (χ4v) is 1.73. The topological polar surface area (TPSA) is 85.9 Å². The Hall–Kier alpha value is -2.15. The van der Waals surface area contributed by atoms with Gasteiger partial charge in [0.1, 0.15) is 17.0 Å². The zero-order valence-electron chi connectivity index (χ0n) is 9.50. The van der Waals surface area contributed by atoms with E-state index in [0.29, 0.717) is 18.1 Å². The number of benzene rings is 1. The van der Waals surface area contributed by atoms with E-state index < -0.39 is 4.92 Å². The van der Waals surface area contributed by atoms with Gasteiger partial charge in [-0.1, -0.05) is 17.7 Å². The lowest BCUT2D eigenvalue weighted by Gasteiger charge is -2.05. The number of aromatic nitrogens is 3. The first-order chi connectivity index (χ1) is 8.58. The van der Waals surface area contributed by atoms with Crippen LogP contribution in [0.2, 0.25) is 5.02 Å². The molecule has 0 saturated carbocycles. The molecular formula is C10H10ClN5O2. The molecule has 2 rings (SSSR count). The molecule has 0 atom stereocenters. The van der Waals surface area contributed by atoms with Crippen molar-refractivity contribution in [1.82, 2.24) is 14.8 Å². The Morgan fingerprint density at radius 2 is 2.33 bits per heavy atom. The van der Waals surface area contributed by atoms with Crippen LogP contribution in [0.15, 0.2) is 24.5 Å². The maximum atomic E-state index is 10.9. The predicted molar refractivity (Wildman–Crippen MR) is 66.4 cm³/mol. The molecule has 1 aromatic heterocycles. The van der Waals surface area contributed by atoms with Crippen molar-refractivity contribution in [3.63, 3.8) is 0 Å². The second kappa shape index (κ2) is 5.01. The maximum absolute atomic E-state index is 10.9. The molecule has 0 unspecified atom stereocenters. The second-order valence-corrected chi connectivity index (χ2v) is 3.99. The number of aryl methyl sites for hydroxylation is 1. The van der Waals surface area contributed by atoms with Crippen LogP contribution < -0.4 is 5.32 Å². The maximum Gasteiger partial charge on any atom is 0.310 e. The van der Waals surface area contributed by atoms with Crippen LogP contribution in [0.25, 0.3) is 0 Å². The summed E-state index contributed by atoms with van der Waals surface area (Å²) < 4.78 is 1.56. The first-order valence-electron chi connectivity index (χ1n) is 5.09. The third kappa shape index (κ3) is 2.57. The van der Waals surface area contributed by atoms with E-state index in [1.807, 2.05) is 0 Å². The summed E-state index contributed by atoms with van der Waals surface area (Å²) in [6.07, 6.45) is 1.56. The van der Waals surface area contributed by atoms with Crippen molar-refractivity contribution in [3.8, 4) is 0 Å². The van der Waals surface area contributed by atoms with E-state index in [4.69, 9.17) is 11.6 Å². The number of halogens is 1. The summed E-state index contributed by atoms with van der Waals surface area (Å²) in [5, 5.41) is 18.0. The van der Waals surface area contributed by atoms with Gasteiger partial charge in [-0.15, -0.1) is 0 Å². The van der Waals surface area contributed by atoms with Crippen LogP contribution in [-0.2, 0) is 13.6 Å². The van der Waals surface area contributed by atoms with Crippen molar-refractivity contribution in [2.75, 3.05) is 5.32 Å². The van der Waals surface area contributed by atoms with Gasteiger partial charge in [0, 0.05) is 7.05 Å². The zero-order chi connectivity index (χ0) is 13.1. The Kier molecular flexibility index (Phi) is 3.42. The van der Waals surface area contributed by atoms with Crippen molar-refractivity contribution in [3.05, 3.63) is 45.5 Å². The van der Waals surface area contributed by atoms with E-state index in [2.05, 4.69) is 15.4 Å². The molecule has 7 nitrogen and oxygen atoms in total. The number of nitro benzene ring substituents is 1. The molecule has 0 aliphatic rings. The van der Waals surface area contributed by atoms with Crippen LogP contribution >= 0.6 is 11.6 Å². The van der Waals surface area contributed by atoms with Gasteiger partial charge in [0.2, 0.25) is 0 Å². The normalized spacial score (nSPS) is 10.3. The Morgan fingerprint density at radius 3 is 2.94 bits per heavy atom. The summed E-state index contributed by atoms with van der Waals surface area (Å²) in [5.74, 6) is 0.548. The number of para-hydroxylation sites is 1. The second-order valence-electron chi connectivity index (χ2n) is 3.58. The lowest BCUT2D eigenvalue weighted by molar-refractivity contribution is -0.383. The number of hydrogen-bond donors (Lipinski definition) is 1. The highest BCUT2D eigenvalue weighted by molar-refractivity contribution is 6.33. The zero-order valence-corrected chi connectivity index (χ0v) is 10.3. The Labute approximate surface area is 108 Å². The van der Waals surface area contributed by atoms with Gasteiger partial charge in [0.25, 0.3) is 0 Å². The molecule has 1 N–H and O–H groups in total. The number of nitrogens with one attached hydrogen (secondary N) is 1. The number of anilines is 1. The van der Waals surface area contributed by atoms with Gasteiger partial charge in [-0.25, -0.2) is 4.98 Å². The van der Waals surface area contributed by atoms with E-state index in [1.165, 1.54) is 6.07 Å². The van der Waals surface area contributed by atoms with Crippen LogP contribution in [0, 0.1) is 10.1 Å². The molecule has 0 spiro atoms. The number of rotatable bonds is 4. The van der Waals surface area contributed by atoms with Crippen LogP contribution in [0.3, 0.4) is 0 Å². The summed E-state index contributed by atoms with van der Waals surface area (Å²) in [7, 11) is 1.75. The summed E-state index contributed by atoms with van der Waals surface area (Å²) in [6, 6.07) is 4.71. The van der Waals surface area contributed by atoms with E-state index in [0.717, 1.165) is 0 Å². The molecule has 94 valence electrons. The van der Waals surface area contributed by atoms with Crippen molar-refractivity contribution in [1.29, 1.82) is 0 Å². The van der Waals surface area contributed by atoms with Crippen LogP contribution in [0.5, 0.6) is 0 Å². The Morgan fingerprint density at radius 1 is 1.56 bits per heavy atom. The molecule has 2 aromatic rings. The molecular weight excluding hydrogens is 258 g/mol. The fourth-order valence-electron chi connectivity index (χ4n) is 1.48. The molecule has 0 amide bonds. The molecule has 1 heterocycles. The highest BCUT2D eigenvalue weighted by atomic mass is 35.5. The third-order valence-corrected chi connectivity index (χ3v) is 2.56. The van der Waals surface area contributed by atoms with Gasteiger partial charge >= 0.3 is 5.69 Å². The summed E-state index contributed by atoms with van der Waals surface area (Å²) in [6.45, 7) is 0.294. The summed E-state index contributed by atoms with van der Waals surface area (Å²) in [5.41, 5.74) is 0.204. The number of hydrogen-bond acceptors (Lipinski definition) is 5. The first-order valence-corrected chi connectivity index (χ1v) is 5.47. The van der Waals surface area contributed by atoms with Gasteiger partial charge in [-0.3, -0.25) is 14.8 Å². The summed E-state index contributed by atoms with van der Waals surface area (Å²) >= 11 is 5.79. The molecule has 0 radical (unpaired) electrons. The fraction of sp³-hybridized carbons (Fsp3) is 0.200. The van der Waals surface area contributed by atoms with Gasteiger partial charge in [0.15, 0.2) is 5.82 Å². The monoisotopic (exact) mass is 267 g/mol. The molecule has 18 heavy (non-hydrogen) atoms. The quantitative estimate of drug-likeness (QED) is 0.676. The number of nitro groups is 1. The Balaban J connectivity index is 2.19. The van der Waals surface area contributed by atoms with E-state index >= 15 is 0 Å². The highest BCUT2D eigenvalue weighted by Crippen LogP contribution is 2.32. The lowest BCUT2D eigenvalue weighted by Crippen LogP contribution is -2.05. The lowest BCUT2D eigenvalue weighted by atomic mass is 10.2. The van der Waals surface area contributed by atoms with Crippen molar-refractivity contribution >= 4 is 23.0 Å². The first kappa shape index (κ1) is 12.3. The van der Waals surface area contributed by atoms with Gasteiger partial charge < -0.3 is 5.32 Å². The third-order valence-electron chi connectivity index (χ3n) is 2.25. The van der Waals surface area contributed by atoms with Gasteiger partial charge in [-0.05, 0) is 12.1 Å². The van der Waals surface area contributed by atoms with Crippen LogP contribution in [0.1, 0.15) is 5.82 Å². The Bertz CT molecular complexity index is 583. The largest absolute Gasteiger partial charge is 0.372 e. The van der Waals surface area contributed by atoms with E-state index in [-0.39, 0.29) is 10.7 Å². The average molecular weight is 268 g/mol. The van der Waals surface area contributed by atoms with Crippen molar-refractivity contribution in [2.24, 2.45) is 7.05 Å². The van der Waals surface area contributed by atoms with Crippen molar-refractivity contribution in [2.45, 2.75) is 6.54 Å². The van der Waals surface area contributed by atoms with Gasteiger partial charge in [0.05, 0.1) is 11.5 Å². The van der Waals surface area contributed by atoms with Crippen LogP contribution in [-0.4, -0.2) is 19.7 Å². The molecule has 0 aliphatic heterocycles. The molecule has 0 bridgehead atoms. The minimum Gasteiger partial charge on any atom is -0.372 e. The molecule has 0 aliphatic carbocycles. The smallest absolute Gasteiger partial charge is 0.310 e. The van der Waals surface area contributed by atoms with Crippen molar-refractivity contribution < 1.29 is 4.92 Å². The SMILES string of the molecule is Cn1cnc(CNc2cccc(Cl)c2[N+](=O)[O-])n1. The summed E-state index contributed by atoms with van der Waals surface area (Å²) in [4.78, 5) is 14.4. The average Bonchev–Trinajstić information content (AvgIpc) is 2.72. The minimum atomic E-state index is -0.517. The number of nitrogens with zero attached hydrogens (tertiary/aromatic N) is 4. The predicted octanol–water partition coefficient (Wildman–Crippen LogP) is 1.99. The van der Waals surface area contributed by atoms with E-state index in [9.17, 15) is 10.1 Å².